The minimum atomic E-state index is -4.63. The van der Waals surface area contributed by atoms with Gasteiger partial charge in [-0.1, -0.05) is 184 Å². The monoisotopic (exact) mass is 1460 g/mol. The molecule has 0 fully saturated rings. The third-order valence-corrected chi connectivity index (χ3v) is 26.1. The van der Waals surface area contributed by atoms with Gasteiger partial charge in [0.2, 0.25) is 17.5 Å². The lowest BCUT2D eigenvalue weighted by Gasteiger charge is -2.32. The molecule has 9 rings (SSSR count). The van der Waals surface area contributed by atoms with E-state index in [1.165, 1.54) is 0 Å². The molecule has 2 aliphatic heterocycles. The highest BCUT2D eigenvalue weighted by Gasteiger charge is 2.53. The lowest BCUT2D eigenvalue weighted by atomic mass is 9.81. The molecule has 2 N–H and O–H groups in total. The van der Waals surface area contributed by atoms with Gasteiger partial charge in [0.25, 0.3) is 0 Å². The minimum absolute atomic E-state index is 0.00275. The molecule has 0 spiro atoms. The molecule has 0 saturated heterocycles. The van der Waals surface area contributed by atoms with E-state index < -0.39 is 75.5 Å². The lowest BCUT2D eigenvalue weighted by molar-refractivity contribution is -0.438. The molecule has 3 aliphatic rings. The topological polar surface area (TPSA) is 259 Å². The Balaban J connectivity index is 0.880. The quantitative estimate of drug-likeness (QED) is 0.0157. The van der Waals surface area contributed by atoms with Crippen LogP contribution < -0.4 is 15.5 Å². The molecule has 6 aromatic rings. The standard InChI is InChI=1S/C76H92N4O15P2S3/c1-75(2)65-36-17-19-38-67(65)79(47-21-23-52-99(85,86)87)69(75)42-40-63-34-25-35-64(41-43-70-76(3,4)66-37-18-20-39-68(66)80(70)48-22-24-53-100(88,89)90)74(63)98-51-44-71(81)77-45-49-91-50-46-78-72(82)54-73(96(83,92-55-59-26-9-5-10-27-59)93-56-60-28-11-6-12-29-60)97(84,94-57-61-30-13-7-14-31-61)95-58-62-32-15-8-16-33-62/h5-20,26-33,36-43,73H,21-25,34-35,44-58H2,1-4H3,(H3-,77,78,81,82,85,86,87,88,89,90)/p-1. The molecule has 100 heavy (non-hydrogen) atoms. The van der Waals surface area contributed by atoms with Gasteiger partial charge in [-0.25, -0.2) is 16.8 Å². The van der Waals surface area contributed by atoms with E-state index in [0.29, 0.717) is 53.9 Å². The van der Waals surface area contributed by atoms with E-state index in [-0.39, 0.29) is 77.9 Å². The molecule has 0 aromatic heterocycles. The highest BCUT2D eigenvalue weighted by atomic mass is 32.2. The van der Waals surface area contributed by atoms with Crippen LogP contribution in [-0.4, -0.2) is 110 Å². The van der Waals surface area contributed by atoms with E-state index in [9.17, 15) is 35.5 Å². The Kier molecular flexibility index (Phi) is 28.1. The van der Waals surface area contributed by atoms with Gasteiger partial charge in [0.15, 0.2) is 11.1 Å². The molecule has 19 nitrogen and oxygen atoms in total. The van der Waals surface area contributed by atoms with Gasteiger partial charge < -0.3 is 47.5 Å². The van der Waals surface area contributed by atoms with Crippen molar-refractivity contribution in [1.82, 2.24) is 10.6 Å². The van der Waals surface area contributed by atoms with Gasteiger partial charge in [-0.2, -0.15) is 4.58 Å². The van der Waals surface area contributed by atoms with Crippen LogP contribution in [0.1, 0.15) is 119 Å². The molecule has 534 valence electrons. The van der Waals surface area contributed by atoms with Crippen molar-refractivity contribution in [3.8, 4) is 0 Å². The summed E-state index contributed by atoms with van der Waals surface area (Å²) < 4.78 is 134. The van der Waals surface area contributed by atoms with Gasteiger partial charge in [-0.05, 0) is 103 Å². The van der Waals surface area contributed by atoms with E-state index in [1.807, 2.05) is 48.5 Å². The van der Waals surface area contributed by atoms with Crippen molar-refractivity contribution in [2.24, 2.45) is 0 Å². The summed E-state index contributed by atoms with van der Waals surface area (Å²) in [7, 11) is -18.0. The third-order valence-electron chi connectivity index (χ3n) is 17.8. The number of carbonyl (C=O) groups is 2. The van der Waals surface area contributed by atoms with Crippen LogP contribution in [-0.2, 0) is 99.0 Å². The number of amides is 2. The average molecular weight is 1460 g/mol. The number of unbranched alkanes of at least 4 members (excludes halogenated alkanes) is 2. The number of fused-ring (bicyclic) bond motifs is 2. The SMILES string of the molecule is CC1(C)C(/C=C/C2=C(SCCC(=O)NCCOCCNC(=O)CC(P(=O)(OCc3ccccc3)OCc3ccccc3)P(=O)(OCc3ccccc3)OCc3ccccc3)C(=C/C=C3/N(CCCCS(=O)(=O)[O-])c4ccccc4C3(C)C)/CCC2)=[N+](CCCCS(=O)(=O)[O-])c2ccccc21. The summed E-state index contributed by atoms with van der Waals surface area (Å²) in [6, 6.07) is 52.4. The predicted molar refractivity (Wildman–Crippen MR) is 392 cm³/mol. The number of allylic oxidation sites excluding steroid dienone is 7. The largest absolute Gasteiger partial charge is 0.748 e. The first-order chi connectivity index (χ1) is 47.9. The first-order valence-electron chi connectivity index (χ1n) is 33.9. The average Bonchev–Trinajstić information content (AvgIpc) is 1.58. The van der Waals surface area contributed by atoms with E-state index in [1.54, 1.807) is 109 Å². The normalized spacial score (nSPS) is 16.2. The van der Waals surface area contributed by atoms with Crippen LogP contribution in [0.5, 0.6) is 0 Å². The fraction of sp³-hybridized carbons (Fsp3) is 0.382. The molecule has 2 amide bonds. The van der Waals surface area contributed by atoms with Crippen molar-refractivity contribution < 1.29 is 72.1 Å². The highest BCUT2D eigenvalue weighted by molar-refractivity contribution is 8.03. The Morgan fingerprint density at radius 1 is 0.590 bits per heavy atom. The van der Waals surface area contributed by atoms with Crippen LogP contribution in [0.2, 0.25) is 0 Å². The molecule has 0 radical (unpaired) electrons. The Morgan fingerprint density at radius 2 is 1.07 bits per heavy atom. The number of thioether (sulfide) groups is 1. The zero-order valence-electron chi connectivity index (χ0n) is 57.2. The number of hydrogen-bond acceptors (Lipinski definition) is 17. The maximum absolute atomic E-state index is 15.7. The number of nitrogens with one attached hydrogen (secondary N) is 2. The number of ether oxygens (including phenoxy) is 1. The molecule has 0 bridgehead atoms. The maximum atomic E-state index is 15.7. The number of anilines is 1. The smallest absolute Gasteiger partial charge is 0.347 e. The van der Waals surface area contributed by atoms with Gasteiger partial charge in [0.05, 0.1) is 71.7 Å². The summed E-state index contributed by atoms with van der Waals surface area (Å²) in [6.45, 7) is 9.24. The molecular formula is C76H91N4O15P2S3-. The first kappa shape index (κ1) is 77.3. The number of benzene rings is 6. The van der Waals surface area contributed by atoms with E-state index in [0.717, 1.165) is 69.2 Å². The van der Waals surface area contributed by atoms with Crippen molar-refractivity contribution >= 4 is 76.1 Å². The summed E-state index contributed by atoms with van der Waals surface area (Å²) in [5.41, 5.74) is 10.4. The molecule has 0 saturated carbocycles. The van der Waals surface area contributed by atoms with E-state index in [2.05, 4.69) is 96.4 Å². The van der Waals surface area contributed by atoms with Crippen molar-refractivity contribution in [3.63, 3.8) is 0 Å². The van der Waals surface area contributed by atoms with Crippen LogP contribution in [0, 0.1) is 0 Å². The molecule has 1 aliphatic carbocycles. The molecule has 0 unspecified atom stereocenters. The highest BCUT2D eigenvalue weighted by Crippen LogP contribution is 2.72. The second kappa shape index (κ2) is 36.3. The zero-order chi connectivity index (χ0) is 71.2. The van der Waals surface area contributed by atoms with Crippen LogP contribution >= 0.6 is 27.0 Å². The number of hydrogen-bond donors (Lipinski definition) is 2. The van der Waals surface area contributed by atoms with Crippen LogP contribution in [0.3, 0.4) is 0 Å². The van der Waals surface area contributed by atoms with Gasteiger partial charge in [-0.3, -0.25) is 18.7 Å². The predicted octanol–water partition coefficient (Wildman–Crippen LogP) is 14.7. The number of nitrogens with zero attached hydrogens (tertiary/aromatic N) is 2. The Hall–Kier alpha value is -6.88. The zero-order valence-corrected chi connectivity index (χ0v) is 61.5. The van der Waals surface area contributed by atoms with Gasteiger partial charge in [-0.15, -0.1) is 11.8 Å². The van der Waals surface area contributed by atoms with Crippen molar-refractivity contribution in [1.29, 1.82) is 0 Å². The molecular weight excluding hydrogens is 1370 g/mol. The molecule has 2 heterocycles. The van der Waals surface area contributed by atoms with E-state index in [4.69, 9.17) is 22.8 Å². The summed E-state index contributed by atoms with van der Waals surface area (Å²) in [5.74, 6) is -1.25. The second-order valence-corrected chi connectivity index (χ2v) is 34.9. The molecule has 24 heteroatoms. The number of carbonyl (C=O) groups excluding carboxylic acids is 2. The Bertz CT molecular complexity index is 4050. The van der Waals surface area contributed by atoms with Gasteiger partial charge in [0, 0.05) is 89.1 Å². The van der Waals surface area contributed by atoms with Crippen molar-refractivity contribution in [2.45, 2.75) is 128 Å². The third kappa shape index (κ3) is 22.1. The summed E-state index contributed by atoms with van der Waals surface area (Å²) in [5, 5.41) is 4.06. The van der Waals surface area contributed by atoms with Gasteiger partial charge >= 0.3 is 15.2 Å². The summed E-state index contributed by atoms with van der Waals surface area (Å²) in [6.07, 6.45) is 12.1. The van der Waals surface area contributed by atoms with Crippen molar-refractivity contribution in [3.05, 3.63) is 249 Å². The van der Waals surface area contributed by atoms with Crippen LogP contribution in [0.25, 0.3) is 0 Å². The molecule has 0 atom stereocenters. The summed E-state index contributed by atoms with van der Waals surface area (Å²) in [4.78, 5) is 31.2. The lowest BCUT2D eigenvalue weighted by Crippen LogP contribution is -2.32. The van der Waals surface area contributed by atoms with E-state index >= 15 is 9.13 Å². The molecule has 6 aromatic carbocycles. The fourth-order valence-electron chi connectivity index (χ4n) is 12.6. The summed E-state index contributed by atoms with van der Waals surface area (Å²) >= 11 is 1.61. The second-order valence-electron chi connectivity index (χ2n) is 25.9. The minimum Gasteiger partial charge on any atom is -0.748 e. The van der Waals surface area contributed by atoms with Crippen LogP contribution in [0.15, 0.2) is 216 Å². The van der Waals surface area contributed by atoms with Crippen LogP contribution in [0.4, 0.5) is 11.4 Å². The first-order valence-corrected chi connectivity index (χ1v) is 41.3. The number of rotatable bonds is 39. The van der Waals surface area contributed by atoms with Gasteiger partial charge in [0.1, 0.15) is 6.54 Å². The Morgan fingerprint density at radius 3 is 1.60 bits per heavy atom. The number of para-hydroxylation sites is 2. The Labute approximate surface area is 594 Å². The fourth-order valence-corrected chi connectivity index (χ4v) is 20.0. The van der Waals surface area contributed by atoms with Crippen molar-refractivity contribution in [2.75, 3.05) is 61.6 Å². The maximum Gasteiger partial charge on any atom is 0.347 e.